The van der Waals surface area contributed by atoms with Crippen molar-refractivity contribution in [3.05, 3.63) is 12.2 Å². The lowest BCUT2D eigenvalue weighted by Crippen LogP contribution is -2.46. The van der Waals surface area contributed by atoms with Gasteiger partial charge in [0, 0.05) is 6.42 Å². The zero-order chi connectivity index (χ0) is 41.4. The van der Waals surface area contributed by atoms with Crippen LogP contribution in [0.4, 0.5) is 0 Å². The van der Waals surface area contributed by atoms with Crippen molar-refractivity contribution >= 4 is 13.7 Å². The monoisotopic (exact) mass is 816 g/mol. The van der Waals surface area contributed by atoms with Gasteiger partial charge in [0.25, 0.3) is 0 Å². The van der Waals surface area contributed by atoms with Crippen LogP contribution in [0.15, 0.2) is 12.2 Å². The smallest absolute Gasteiger partial charge is 0.391 e. The van der Waals surface area contributed by atoms with Gasteiger partial charge in [-0.05, 0) is 38.5 Å². The van der Waals surface area contributed by atoms with Crippen LogP contribution in [-0.2, 0) is 18.4 Å². The Labute approximate surface area is 348 Å². The van der Waals surface area contributed by atoms with E-state index >= 15 is 0 Å². The van der Waals surface area contributed by atoms with Crippen molar-refractivity contribution < 1.29 is 32.9 Å². The highest BCUT2D eigenvalue weighted by Gasteiger charge is 2.28. The van der Waals surface area contributed by atoms with Gasteiger partial charge in [0.2, 0.25) is 5.91 Å². The third-order valence-corrected chi connectivity index (χ3v) is 12.0. The van der Waals surface area contributed by atoms with Crippen LogP contribution in [0.3, 0.4) is 0 Å². The summed E-state index contributed by atoms with van der Waals surface area (Å²) in [7, 11) is 1.62. The van der Waals surface area contributed by atoms with Crippen molar-refractivity contribution in [3.63, 3.8) is 0 Å². The molecule has 56 heavy (non-hydrogen) atoms. The molecule has 0 aromatic carbocycles. The molecule has 0 aromatic heterocycles. The first kappa shape index (κ1) is 55.2. The second-order valence-corrected chi connectivity index (χ2v) is 19.3. The molecule has 3 N–H and O–H groups in total. The zero-order valence-electron chi connectivity index (χ0n) is 37.9. The maximum atomic E-state index is 12.9. The number of hydrogen-bond donors (Lipinski definition) is 3. The zero-order valence-corrected chi connectivity index (χ0v) is 38.8. The molecule has 0 rings (SSSR count). The fraction of sp³-hybridized carbons (Fsp3) is 0.936. The molecule has 0 heterocycles. The van der Waals surface area contributed by atoms with E-state index in [-0.39, 0.29) is 19.1 Å². The Morgan fingerprint density at radius 2 is 0.964 bits per heavy atom. The molecule has 0 bridgehead atoms. The number of nitrogens with one attached hydrogen (secondary N) is 1. The van der Waals surface area contributed by atoms with E-state index in [0.29, 0.717) is 23.9 Å². The summed E-state index contributed by atoms with van der Waals surface area (Å²) in [5.41, 5.74) is 0. The summed E-state index contributed by atoms with van der Waals surface area (Å²) in [5.74, 6) is -0.145. The summed E-state index contributed by atoms with van der Waals surface area (Å²) < 4.78 is 23.7. The average molecular weight is 816 g/mol. The number of nitrogens with zero attached hydrogens (tertiary/aromatic N) is 1. The summed E-state index contributed by atoms with van der Waals surface area (Å²) in [4.78, 5) is 23.2. The fourth-order valence-corrected chi connectivity index (χ4v) is 7.89. The molecule has 0 fully saturated rings. The van der Waals surface area contributed by atoms with Crippen LogP contribution in [0.1, 0.15) is 232 Å². The largest absolute Gasteiger partial charge is 0.472 e. The third-order valence-electron chi connectivity index (χ3n) is 11.0. The van der Waals surface area contributed by atoms with Crippen LogP contribution in [0.5, 0.6) is 0 Å². The molecule has 1 amide bonds. The van der Waals surface area contributed by atoms with E-state index in [0.717, 1.165) is 38.5 Å². The fourth-order valence-electron chi connectivity index (χ4n) is 7.16. The molecule has 3 atom stereocenters. The molecule has 0 aliphatic carbocycles. The Hall–Kier alpha value is -0.760. The maximum Gasteiger partial charge on any atom is 0.472 e. The molecule has 0 saturated heterocycles. The Morgan fingerprint density at radius 3 is 1.38 bits per heavy atom. The minimum absolute atomic E-state index is 0.0764. The lowest BCUT2D eigenvalue weighted by molar-refractivity contribution is -0.870. The van der Waals surface area contributed by atoms with Crippen molar-refractivity contribution in [1.82, 2.24) is 5.32 Å². The van der Waals surface area contributed by atoms with E-state index < -0.39 is 20.0 Å². The van der Waals surface area contributed by atoms with Gasteiger partial charge < -0.3 is 19.8 Å². The highest BCUT2D eigenvalue weighted by Crippen LogP contribution is 2.43. The first-order valence-electron chi connectivity index (χ1n) is 24.1. The van der Waals surface area contributed by atoms with Gasteiger partial charge in [-0.25, -0.2) is 4.57 Å². The van der Waals surface area contributed by atoms with E-state index in [2.05, 4.69) is 31.3 Å². The Balaban J connectivity index is 4.29. The van der Waals surface area contributed by atoms with E-state index in [1.807, 2.05) is 21.1 Å². The number of aliphatic hydroxyl groups is 1. The lowest BCUT2D eigenvalue weighted by atomic mass is 10.0. The van der Waals surface area contributed by atoms with Crippen molar-refractivity contribution in [1.29, 1.82) is 0 Å². The topological polar surface area (TPSA) is 105 Å². The average Bonchev–Trinajstić information content (AvgIpc) is 3.15. The van der Waals surface area contributed by atoms with E-state index in [1.54, 1.807) is 0 Å². The number of likely N-dealkylation sites (N-methyl/N-ethyl adjacent to an activating group) is 1. The van der Waals surface area contributed by atoms with Crippen LogP contribution in [-0.4, -0.2) is 73.4 Å². The van der Waals surface area contributed by atoms with Gasteiger partial charge in [-0.1, -0.05) is 199 Å². The molecule has 9 heteroatoms. The van der Waals surface area contributed by atoms with Gasteiger partial charge in [-0.15, -0.1) is 0 Å². The second kappa shape index (κ2) is 39.7. The molecule has 0 saturated carbocycles. The van der Waals surface area contributed by atoms with Crippen molar-refractivity contribution in [2.24, 2.45) is 0 Å². The molecule has 334 valence electrons. The van der Waals surface area contributed by atoms with Gasteiger partial charge >= 0.3 is 7.82 Å². The minimum atomic E-state index is -4.31. The number of allylic oxidation sites excluding steroid dienone is 2. The highest BCUT2D eigenvalue weighted by atomic mass is 31.2. The van der Waals surface area contributed by atoms with Gasteiger partial charge in [-0.2, -0.15) is 0 Å². The summed E-state index contributed by atoms with van der Waals surface area (Å²) in [6.07, 6.45) is 45.2. The molecule has 0 spiro atoms. The van der Waals surface area contributed by atoms with Gasteiger partial charge in [0.05, 0.1) is 39.9 Å². The van der Waals surface area contributed by atoms with Crippen molar-refractivity contribution in [2.75, 3.05) is 40.9 Å². The van der Waals surface area contributed by atoms with Crippen LogP contribution < -0.4 is 5.32 Å². The number of unbranched alkanes of at least 4 members (excludes halogenated alkanes) is 29. The number of quaternary nitrogens is 1. The SMILES string of the molecule is CCCCCCCC/C=C/CCCCCCCCCCCC(=O)N[C@@H](COP(=O)(O)OCC[N+](C)(C)C)[C@H](O)CCCCCCCCCCCCCCCCC. The van der Waals surface area contributed by atoms with Gasteiger partial charge in [0.1, 0.15) is 13.2 Å². The standard InChI is InChI=1S/C47H95N2O6P/c1-6-8-10-12-14-16-18-20-22-23-24-25-27-29-31-33-35-37-39-41-47(51)48-45(44-55-56(52,53)54-43-42-49(3,4)5)46(50)40-38-36-34-32-30-28-26-21-19-17-15-13-11-9-7-2/h20,22,45-46,50H,6-19,21,23-44H2,1-5H3,(H-,48,51,52,53)/p+1/b22-20+/t45-,46+/m0/s1. The molecule has 0 aliphatic heterocycles. The van der Waals surface area contributed by atoms with Crippen molar-refractivity contribution in [3.8, 4) is 0 Å². The molecule has 8 nitrogen and oxygen atoms in total. The number of phosphoric acid groups is 1. The lowest BCUT2D eigenvalue weighted by Gasteiger charge is -2.26. The minimum Gasteiger partial charge on any atom is -0.391 e. The third kappa shape index (κ3) is 41.4. The van der Waals surface area contributed by atoms with Crippen LogP contribution in [0.2, 0.25) is 0 Å². The summed E-state index contributed by atoms with van der Waals surface area (Å²) >= 11 is 0. The number of rotatable bonds is 44. The Morgan fingerprint density at radius 1 is 0.589 bits per heavy atom. The van der Waals surface area contributed by atoms with Crippen LogP contribution >= 0.6 is 7.82 Å². The predicted molar refractivity (Wildman–Crippen MR) is 240 cm³/mol. The summed E-state index contributed by atoms with van der Waals surface area (Å²) in [6, 6.07) is -0.757. The van der Waals surface area contributed by atoms with Gasteiger partial charge in [0.15, 0.2) is 0 Å². The molecule has 0 aliphatic rings. The van der Waals surface area contributed by atoms with Crippen LogP contribution in [0, 0.1) is 0 Å². The molecular weight excluding hydrogens is 719 g/mol. The number of carbonyl (C=O) groups is 1. The molecule has 1 unspecified atom stereocenters. The number of amides is 1. The number of hydrogen-bond acceptors (Lipinski definition) is 5. The quantitative estimate of drug-likeness (QED) is 0.0245. The Bertz CT molecular complexity index is 927. The van der Waals surface area contributed by atoms with Crippen molar-refractivity contribution in [2.45, 2.75) is 244 Å². The maximum absolute atomic E-state index is 12.9. The van der Waals surface area contributed by atoms with Crippen LogP contribution in [0.25, 0.3) is 0 Å². The predicted octanol–water partition coefficient (Wildman–Crippen LogP) is 13.5. The summed E-state index contributed by atoms with van der Waals surface area (Å²) in [6.45, 7) is 4.90. The van der Waals surface area contributed by atoms with Gasteiger partial charge in [-0.3, -0.25) is 13.8 Å². The highest BCUT2D eigenvalue weighted by molar-refractivity contribution is 7.47. The molecular formula is C47H96N2O6P+. The normalized spacial score (nSPS) is 14.3. The van der Waals surface area contributed by atoms with E-state index in [4.69, 9.17) is 9.05 Å². The summed E-state index contributed by atoms with van der Waals surface area (Å²) in [5, 5.41) is 14.0. The first-order valence-corrected chi connectivity index (χ1v) is 25.5. The number of aliphatic hydroxyl groups excluding tert-OH is 1. The first-order chi connectivity index (χ1) is 27.0. The molecule has 0 aromatic rings. The second-order valence-electron chi connectivity index (χ2n) is 17.8. The number of phosphoric ester groups is 1. The Kier molecular flexibility index (Phi) is 39.1. The van der Waals surface area contributed by atoms with E-state index in [9.17, 15) is 19.4 Å². The molecule has 0 radical (unpaired) electrons. The van der Waals surface area contributed by atoms with E-state index in [1.165, 1.54) is 167 Å². The number of carbonyl (C=O) groups excluding carboxylic acids is 1.